The van der Waals surface area contributed by atoms with Crippen LogP contribution in [0.1, 0.15) is 5.76 Å². The average Bonchev–Trinajstić information content (AvgIpc) is 2.90. The fraction of sp³-hybridized carbons (Fsp3) is 0.0833. The van der Waals surface area contributed by atoms with E-state index in [0.29, 0.717) is 5.76 Å². The zero-order valence-corrected chi connectivity index (χ0v) is 9.83. The van der Waals surface area contributed by atoms with Gasteiger partial charge in [0, 0.05) is 6.07 Å². The van der Waals surface area contributed by atoms with Gasteiger partial charge in [0.1, 0.15) is 11.4 Å². The number of nitrogens with zero attached hydrogens (tertiary/aromatic N) is 1. The number of nitro groups is 1. The number of nitrogens with one attached hydrogen (secondary N) is 2. The van der Waals surface area contributed by atoms with Crippen molar-refractivity contribution in [1.82, 2.24) is 5.32 Å². The van der Waals surface area contributed by atoms with Crippen molar-refractivity contribution in [2.75, 3.05) is 5.32 Å². The van der Waals surface area contributed by atoms with E-state index in [9.17, 15) is 14.9 Å². The Morgan fingerprint density at radius 2 is 2.05 bits per heavy atom. The van der Waals surface area contributed by atoms with Crippen LogP contribution in [-0.2, 0) is 6.54 Å². The second kappa shape index (κ2) is 5.67. The minimum atomic E-state index is -0.553. The third-order valence-corrected chi connectivity index (χ3v) is 2.35. The van der Waals surface area contributed by atoms with Crippen molar-refractivity contribution in [2.45, 2.75) is 6.54 Å². The number of rotatable bonds is 4. The first-order valence-corrected chi connectivity index (χ1v) is 5.47. The van der Waals surface area contributed by atoms with Crippen molar-refractivity contribution in [1.29, 1.82) is 0 Å². The fourth-order valence-corrected chi connectivity index (χ4v) is 1.49. The maximum atomic E-state index is 11.6. The maximum absolute atomic E-state index is 11.6. The SMILES string of the molecule is O=C(NCc1ccco1)Nc1ccccc1[N+](=O)[O-]. The van der Waals surface area contributed by atoms with Crippen molar-refractivity contribution < 1.29 is 14.1 Å². The summed E-state index contributed by atoms with van der Waals surface area (Å²) in [5.41, 5.74) is -0.0138. The number of urea groups is 1. The number of hydrogen-bond acceptors (Lipinski definition) is 4. The number of anilines is 1. The van der Waals surface area contributed by atoms with Crippen LogP contribution in [-0.4, -0.2) is 11.0 Å². The van der Waals surface area contributed by atoms with Gasteiger partial charge in [-0.05, 0) is 18.2 Å². The molecule has 1 aromatic heterocycles. The molecule has 1 aromatic carbocycles. The number of para-hydroxylation sites is 2. The number of benzene rings is 1. The van der Waals surface area contributed by atoms with E-state index in [1.807, 2.05) is 0 Å². The lowest BCUT2D eigenvalue weighted by atomic mass is 10.3. The molecule has 19 heavy (non-hydrogen) atoms. The first-order valence-electron chi connectivity index (χ1n) is 5.47. The molecule has 0 bridgehead atoms. The van der Waals surface area contributed by atoms with E-state index >= 15 is 0 Å². The molecule has 2 amide bonds. The van der Waals surface area contributed by atoms with Crippen LogP contribution in [0.3, 0.4) is 0 Å². The van der Waals surface area contributed by atoms with Crippen LogP contribution in [0.5, 0.6) is 0 Å². The van der Waals surface area contributed by atoms with Crippen molar-refractivity contribution in [3.8, 4) is 0 Å². The molecule has 98 valence electrons. The van der Waals surface area contributed by atoms with Gasteiger partial charge in [-0.2, -0.15) is 0 Å². The molecule has 2 aromatic rings. The van der Waals surface area contributed by atoms with Gasteiger partial charge in [-0.1, -0.05) is 12.1 Å². The molecule has 0 unspecified atom stereocenters. The number of carbonyl (C=O) groups excluding carboxylic acids is 1. The number of furan rings is 1. The van der Waals surface area contributed by atoms with Gasteiger partial charge < -0.3 is 15.1 Å². The highest BCUT2D eigenvalue weighted by molar-refractivity contribution is 5.91. The van der Waals surface area contributed by atoms with E-state index in [-0.39, 0.29) is 17.9 Å². The topological polar surface area (TPSA) is 97.4 Å². The Labute approximate surface area is 108 Å². The molecule has 0 aliphatic heterocycles. The highest BCUT2D eigenvalue weighted by Crippen LogP contribution is 2.22. The van der Waals surface area contributed by atoms with Gasteiger partial charge >= 0.3 is 6.03 Å². The maximum Gasteiger partial charge on any atom is 0.319 e. The third kappa shape index (κ3) is 3.32. The van der Waals surface area contributed by atoms with E-state index in [1.54, 1.807) is 18.2 Å². The van der Waals surface area contributed by atoms with Crippen molar-refractivity contribution in [3.63, 3.8) is 0 Å². The van der Waals surface area contributed by atoms with Gasteiger partial charge in [-0.15, -0.1) is 0 Å². The van der Waals surface area contributed by atoms with Gasteiger partial charge in [-0.25, -0.2) is 4.79 Å². The number of amides is 2. The predicted molar refractivity (Wildman–Crippen MR) is 67.7 cm³/mol. The summed E-state index contributed by atoms with van der Waals surface area (Å²) in [6, 6.07) is 8.81. The Balaban J connectivity index is 1.97. The zero-order valence-electron chi connectivity index (χ0n) is 9.83. The van der Waals surface area contributed by atoms with Crippen LogP contribution in [0.15, 0.2) is 47.1 Å². The van der Waals surface area contributed by atoms with Gasteiger partial charge in [-0.3, -0.25) is 10.1 Å². The molecule has 7 heteroatoms. The normalized spacial score (nSPS) is 9.89. The lowest BCUT2D eigenvalue weighted by molar-refractivity contribution is -0.383. The van der Waals surface area contributed by atoms with Gasteiger partial charge in [0.25, 0.3) is 5.69 Å². The minimum Gasteiger partial charge on any atom is -0.467 e. The summed E-state index contributed by atoms with van der Waals surface area (Å²) in [4.78, 5) is 21.8. The molecule has 0 spiro atoms. The van der Waals surface area contributed by atoms with E-state index in [1.165, 1.54) is 24.5 Å². The molecule has 0 aliphatic rings. The lowest BCUT2D eigenvalue weighted by Gasteiger charge is -2.06. The highest BCUT2D eigenvalue weighted by atomic mass is 16.6. The molecule has 0 fully saturated rings. The molecule has 0 atom stereocenters. The Morgan fingerprint density at radius 3 is 2.74 bits per heavy atom. The Kier molecular flexibility index (Phi) is 3.77. The summed E-state index contributed by atoms with van der Waals surface area (Å²) in [6.07, 6.45) is 1.50. The summed E-state index contributed by atoms with van der Waals surface area (Å²) in [6.45, 7) is 0.208. The molecule has 2 rings (SSSR count). The van der Waals surface area contributed by atoms with E-state index in [2.05, 4.69) is 10.6 Å². The molecular formula is C12H11N3O4. The van der Waals surface area contributed by atoms with Crippen LogP contribution >= 0.6 is 0 Å². The third-order valence-electron chi connectivity index (χ3n) is 2.35. The van der Waals surface area contributed by atoms with Crippen molar-refractivity contribution in [3.05, 3.63) is 58.5 Å². The standard InChI is InChI=1S/C12H11N3O4/c16-12(13-8-9-4-3-7-19-9)14-10-5-1-2-6-11(10)15(17)18/h1-7H,8H2,(H2,13,14,16). The second-order valence-electron chi connectivity index (χ2n) is 3.66. The number of carbonyl (C=O) groups is 1. The van der Waals surface area contributed by atoms with Gasteiger partial charge in [0.15, 0.2) is 0 Å². The Morgan fingerprint density at radius 1 is 1.26 bits per heavy atom. The predicted octanol–water partition coefficient (Wildman–Crippen LogP) is 2.51. The summed E-state index contributed by atoms with van der Waals surface area (Å²) in [7, 11) is 0. The van der Waals surface area contributed by atoms with Crippen molar-refractivity contribution >= 4 is 17.4 Å². The van der Waals surface area contributed by atoms with E-state index in [4.69, 9.17) is 4.42 Å². The van der Waals surface area contributed by atoms with Crippen molar-refractivity contribution in [2.24, 2.45) is 0 Å². The molecule has 7 nitrogen and oxygen atoms in total. The summed E-state index contributed by atoms with van der Waals surface area (Å²) < 4.78 is 5.05. The molecule has 0 saturated heterocycles. The van der Waals surface area contributed by atoms with Crippen LogP contribution in [0.25, 0.3) is 0 Å². The second-order valence-corrected chi connectivity index (χ2v) is 3.66. The van der Waals surface area contributed by atoms with E-state index in [0.717, 1.165) is 0 Å². The summed E-state index contributed by atoms with van der Waals surface area (Å²) in [5.74, 6) is 0.595. The van der Waals surface area contributed by atoms with Crippen LogP contribution in [0.2, 0.25) is 0 Å². The molecule has 0 saturated carbocycles. The minimum absolute atomic E-state index is 0.143. The van der Waals surface area contributed by atoms with Gasteiger partial charge in [0.05, 0.1) is 17.7 Å². The highest BCUT2D eigenvalue weighted by Gasteiger charge is 2.14. The first-order chi connectivity index (χ1) is 9.16. The number of hydrogen-bond donors (Lipinski definition) is 2. The fourth-order valence-electron chi connectivity index (χ4n) is 1.49. The lowest BCUT2D eigenvalue weighted by Crippen LogP contribution is -2.28. The smallest absolute Gasteiger partial charge is 0.319 e. The number of nitro benzene ring substituents is 1. The summed E-state index contributed by atoms with van der Waals surface area (Å²) in [5, 5.41) is 15.7. The van der Waals surface area contributed by atoms with Gasteiger partial charge in [0.2, 0.25) is 0 Å². The quantitative estimate of drug-likeness (QED) is 0.652. The van der Waals surface area contributed by atoms with Crippen LogP contribution < -0.4 is 10.6 Å². The largest absolute Gasteiger partial charge is 0.467 e. The molecule has 0 aliphatic carbocycles. The van der Waals surface area contributed by atoms with Crippen LogP contribution in [0.4, 0.5) is 16.2 Å². The Bertz CT molecular complexity index is 580. The first kappa shape index (κ1) is 12.6. The zero-order chi connectivity index (χ0) is 13.7. The Hall–Kier alpha value is -2.83. The summed E-state index contributed by atoms with van der Waals surface area (Å²) >= 11 is 0. The van der Waals surface area contributed by atoms with Crippen LogP contribution in [0, 0.1) is 10.1 Å². The molecule has 1 heterocycles. The average molecular weight is 261 g/mol. The molecular weight excluding hydrogens is 250 g/mol. The van der Waals surface area contributed by atoms with E-state index < -0.39 is 11.0 Å². The monoisotopic (exact) mass is 261 g/mol. The molecule has 0 radical (unpaired) electrons. The molecule has 2 N–H and O–H groups in total.